The molecule has 1 aliphatic rings. The molecule has 2 rings (SSSR count). The average Bonchev–Trinajstić information content (AvgIpc) is 2.86. The van der Waals surface area contributed by atoms with Crippen LogP contribution in [0.5, 0.6) is 0 Å². The highest BCUT2D eigenvalue weighted by Gasteiger charge is 2.42. The Morgan fingerprint density at radius 3 is 2.56 bits per heavy atom. The van der Waals surface area contributed by atoms with Crippen molar-refractivity contribution >= 4 is 23.3 Å². The fourth-order valence-corrected chi connectivity index (χ4v) is 3.13. The van der Waals surface area contributed by atoms with E-state index in [9.17, 15) is 34.7 Å². The monoisotopic (exact) mass is 375 g/mol. The summed E-state index contributed by atoms with van der Waals surface area (Å²) in [5.41, 5.74) is 0.0555. The number of non-ortho nitro benzene ring substituents is 1. The molecule has 0 spiro atoms. The number of nitro benzene ring substituents is 1. The van der Waals surface area contributed by atoms with Crippen LogP contribution in [0.4, 0.5) is 5.69 Å². The summed E-state index contributed by atoms with van der Waals surface area (Å²) in [7, 11) is 0. The Hall–Kier alpha value is -3.23. The van der Waals surface area contributed by atoms with E-state index in [4.69, 9.17) is 0 Å². The van der Waals surface area contributed by atoms with E-state index in [-0.39, 0.29) is 24.2 Å². The van der Waals surface area contributed by atoms with E-state index in [2.05, 4.69) is 0 Å². The number of aliphatic carboxylic acids is 1. The maximum atomic E-state index is 12.4. The molecule has 27 heavy (non-hydrogen) atoms. The molecule has 1 atom stereocenters. The molecule has 144 valence electrons. The van der Waals surface area contributed by atoms with Crippen molar-refractivity contribution in [3.8, 4) is 0 Å². The van der Waals surface area contributed by atoms with Crippen LogP contribution < -0.4 is 5.11 Å². The largest absolute Gasteiger partial charge is 0.550 e. The van der Waals surface area contributed by atoms with Crippen LogP contribution in [0.15, 0.2) is 35.6 Å². The zero-order valence-electron chi connectivity index (χ0n) is 14.7. The van der Waals surface area contributed by atoms with Crippen LogP contribution in [0.1, 0.15) is 44.2 Å². The van der Waals surface area contributed by atoms with Crippen LogP contribution in [0.2, 0.25) is 0 Å². The molecule has 1 aliphatic heterocycles. The van der Waals surface area contributed by atoms with Crippen LogP contribution in [0.3, 0.4) is 0 Å². The van der Waals surface area contributed by atoms with Gasteiger partial charge < -0.3 is 19.9 Å². The molecule has 0 saturated heterocycles. The highest BCUT2D eigenvalue weighted by Crippen LogP contribution is 2.38. The zero-order chi connectivity index (χ0) is 20.1. The van der Waals surface area contributed by atoms with Crippen LogP contribution in [-0.4, -0.2) is 39.1 Å². The normalized spacial score (nSPS) is 16.7. The van der Waals surface area contributed by atoms with Crippen molar-refractivity contribution in [3.63, 3.8) is 0 Å². The molecular formula is C18H19N2O7-. The first-order valence-corrected chi connectivity index (χ1v) is 8.43. The van der Waals surface area contributed by atoms with Crippen molar-refractivity contribution in [3.05, 3.63) is 51.3 Å². The van der Waals surface area contributed by atoms with Gasteiger partial charge in [0.15, 0.2) is 11.5 Å². The van der Waals surface area contributed by atoms with Crippen LogP contribution in [-0.2, 0) is 14.4 Å². The Morgan fingerprint density at radius 2 is 1.96 bits per heavy atom. The lowest BCUT2D eigenvalue weighted by Gasteiger charge is -2.26. The van der Waals surface area contributed by atoms with Crippen molar-refractivity contribution in [1.29, 1.82) is 0 Å². The molecule has 0 fully saturated rings. The average molecular weight is 375 g/mol. The van der Waals surface area contributed by atoms with Crippen LogP contribution in [0, 0.1) is 10.1 Å². The Labute approximate surface area is 155 Å². The summed E-state index contributed by atoms with van der Waals surface area (Å²) in [6.45, 7) is 1.38. The van der Waals surface area contributed by atoms with Gasteiger partial charge in [-0.3, -0.25) is 19.7 Å². The van der Waals surface area contributed by atoms with Gasteiger partial charge in [-0.05, 0) is 31.7 Å². The lowest BCUT2D eigenvalue weighted by atomic mass is 9.96. The topological polar surface area (TPSA) is 141 Å². The minimum absolute atomic E-state index is 0.0928. The van der Waals surface area contributed by atoms with Crippen molar-refractivity contribution in [2.24, 2.45) is 0 Å². The second-order valence-electron chi connectivity index (χ2n) is 6.25. The van der Waals surface area contributed by atoms with Crippen molar-refractivity contribution in [2.75, 3.05) is 6.54 Å². The lowest BCUT2D eigenvalue weighted by molar-refractivity contribution is -0.384. The number of carboxylic acids is 1. The number of nitrogens with zero attached hydrogens (tertiary/aromatic N) is 2. The first-order valence-electron chi connectivity index (χ1n) is 8.43. The fourth-order valence-electron chi connectivity index (χ4n) is 3.13. The zero-order valence-corrected chi connectivity index (χ0v) is 14.7. The third kappa shape index (κ3) is 4.49. The molecule has 0 bridgehead atoms. The highest BCUT2D eigenvalue weighted by atomic mass is 16.6. The molecule has 1 aromatic carbocycles. The van der Waals surface area contributed by atoms with E-state index in [1.54, 1.807) is 6.07 Å². The van der Waals surface area contributed by atoms with Crippen molar-refractivity contribution < 1.29 is 29.5 Å². The van der Waals surface area contributed by atoms with E-state index >= 15 is 0 Å². The first kappa shape index (κ1) is 20.1. The standard InChI is InChI=1S/C18H20N2O7/c1-11(21)15-16(12-6-5-7-13(10-12)20(26)27)19(18(25)17(15)24)9-4-2-3-8-14(22)23/h5-7,10,16,24H,2-4,8-9H2,1H3,(H,22,23)/p-1/t16-/m1/s1. The lowest BCUT2D eigenvalue weighted by Crippen LogP contribution is -2.32. The third-order valence-electron chi connectivity index (χ3n) is 4.36. The summed E-state index contributed by atoms with van der Waals surface area (Å²) < 4.78 is 0. The maximum Gasteiger partial charge on any atom is 0.290 e. The number of nitro groups is 1. The van der Waals surface area contributed by atoms with E-state index in [0.29, 0.717) is 24.8 Å². The Kier molecular flexibility index (Phi) is 6.27. The summed E-state index contributed by atoms with van der Waals surface area (Å²) in [5, 5.41) is 31.6. The predicted molar refractivity (Wildman–Crippen MR) is 91.4 cm³/mol. The number of amides is 1. The van der Waals surface area contributed by atoms with Gasteiger partial charge in [0.25, 0.3) is 11.6 Å². The smallest absolute Gasteiger partial charge is 0.290 e. The van der Waals surface area contributed by atoms with Crippen LogP contribution in [0.25, 0.3) is 0 Å². The number of unbranched alkanes of at least 4 members (excludes halogenated alkanes) is 2. The van der Waals surface area contributed by atoms with E-state index in [0.717, 1.165) is 0 Å². The van der Waals surface area contributed by atoms with Crippen molar-refractivity contribution in [1.82, 2.24) is 4.90 Å². The highest BCUT2D eigenvalue weighted by molar-refractivity contribution is 6.08. The molecule has 0 unspecified atom stereocenters. The van der Waals surface area contributed by atoms with Gasteiger partial charge in [-0.25, -0.2) is 0 Å². The third-order valence-corrected chi connectivity index (χ3v) is 4.36. The quantitative estimate of drug-likeness (QED) is 0.388. The summed E-state index contributed by atoms with van der Waals surface area (Å²) in [6.07, 6.45) is 1.24. The Balaban J connectivity index is 2.28. The Morgan fingerprint density at radius 1 is 1.26 bits per heavy atom. The SMILES string of the molecule is CC(=O)C1=C(O)C(=O)N(CCCCCC(=O)[O-])[C@@H]1c1cccc([N+](=O)[O-])c1. The van der Waals surface area contributed by atoms with Gasteiger partial charge in [-0.2, -0.15) is 0 Å². The van der Waals surface area contributed by atoms with Gasteiger partial charge in [0.1, 0.15) is 0 Å². The number of rotatable bonds is 9. The number of aliphatic hydroxyl groups excluding tert-OH is 1. The number of carbonyl (C=O) groups is 3. The maximum absolute atomic E-state index is 12.4. The molecule has 9 nitrogen and oxygen atoms in total. The van der Waals surface area contributed by atoms with E-state index in [1.807, 2.05) is 0 Å². The van der Waals surface area contributed by atoms with Gasteiger partial charge in [0, 0.05) is 24.6 Å². The molecule has 1 aromatic rings. The second-order valence-corrected chi connectivity index (χ2v) is 6.25. The fraction of sp³-hybridized carbons (Fsp3) is 0.389. The first-order chi connectivity index (χ1) is 12.7. The molecule has 1 heterocycles. The van der Waals surface area contributed by atoms with Gasteiger partial charge >= 0.3 is 0 Å². The van der Waals surface area contributed by atoms with E-state index < -0.39 is 34.4 Å². The number of hydrogen-bond donors (Lipinski definition) is 1. The summed E-state index contributed by atoms with van der Waals surface area (Å²) in [4.78, 5) is 46.6. The number of hydrogen-bond acceptors (Lipinski definition) is 7. The van der Waals surface area contributed by atoms with Gasteiger partial charge in [0.05, 0.1) is 16.5 Å². The Bertz CT molecular complexity index is 816. The molecule has 0 radical (unpaired) electrons. The number of carbonyl (C=O) groups excluding carboxylic acids is 3. The molecule has 1 N–H and O–H groups in total. The summed E-state index contributed by atoms with van der Waals surface area (Å²) in [6, 6.07) is 4.64. The van der Waals surface area contributed by atoms with Crippen molar-refractivity contribution in [2.45, 2.75) is 38.6 Å². The molecule has 0 saturated carbocycles. The number of Topliss-reactive ketones (excluding diaryl/α,β-unsaturated/α-hetero) is 1. The van der Waals surface area contributed by atoms with Gasteiger partial charge in [0.2, 0.25) is 0 Å². The van der Waals surface area contributed by atoms with Gasteiger partial charge in [-0.1, -0.05) is 18.6 Å². The van der Waals surface area contributed by atoms with Gasteiger partial charge in [-0.15, -0.1) is 0 Å². The summed E-state index contributed by atoms with van der Waals surface area (Å²) in [5.74, 6) is -3.04. The molecule has 0 aliphatic carbocycles. The number of carboxylic acid groups (broad SMARTS) is 1. The predicted octanol–water partition coefficient (Wildman–Crippen LogP) is 1.19. The molecule has 9 heteroatoms. The number of ketones is 1. The molecule has 1 amide bonds. The summed E-state index contributed by atoms with van der Waals surface area (Å²) >= 11 is 0. The number of benzene rings is 1. The minimum atomic E-state index is -1.15. The van der Waals surface area contributed by atoms with Crippen LogP contribution >= 0.6 is 0 Å². The number of aliphatic hydroxyl groups is 1. The minimum Gasteiger partial charge on any atom is -0.550 e. The second kappa shape index (κ2) is 8.43. The molecule has 0 aromatic heterocycles. The van der Waals surface area contributed by atoms with E-state index in [1.165, 1.54) is 30.0 Å². The molecular weight excluding hydrogens is 356 g/mol.